The Kier molecular flexibility index (Phi) is 5.10. The fourth-order valence-electron chi connectivity index (χ4n) is 1.61. The fourth-order valence-corrected chi connectivity index (χ4v) is 1.61. The summed E-state index contributed by atoms with van der Waals surface area (Å²) in [7, 11) is 1.90. The second-order valence-corrected chi connectivity index (χ2v) is 4.30. The zero-order valence-electron chi connectivity index (χ0n) is 10.2. The van der Waals surface area contributed by atoms with Crippen LogP contribution in [-0.4, -0.2) is 35.6 Å². The van der Waals surface area contributed by atoms with Crippen molar-refractivity contribution in [2.75, 3.05) is 13.6 Å². The summed E-state index contributed by atoms with van der Waals surface area (Å²) in [5.41, 5.74) is 1.06. The van der Waals surface area contributed by atoms with Crippen molar-refractivity contribution in [1.29, 1.82) is 0 Å². The van der Waals surface area contributed by atoms with E-state index >= 15 is 0 Å². The van der Waals surface area contributed by atoms with Crippen LogP contribution in [0.1, 0.15) is 18.9 Å². The Hall–Kier alpha value is -1.42. The van der Waals surface area contributed by atoms with Gasteiger partial charge in [0.1, 0.15) is 5.82 Å². The number of likely N-dealkylation sites (N-methyl/N-ethyl adjacent to an activating group) is 1. The Balaban J connectivity index is 2.45. The zero-order chi connectivity index (χ0) is 12.8. The molecule has 0 saturated heterocycles. The van der Waals surface area contributed by atoms with E-state index < -0.39 is 5.97 Å². The molecule has 1 N–H and O–H groups in total. The van der Waals surface area contributed by atoms with Crippen molar-refractivity contribution in [3.63, 3.8) is 0 Å². The van der Waals surface area contributed by atoms with Gasteiger partial charge in [-0.25, -0.2) is 4.39 Å². The Morgan fingerprint density at radius 1 is 1.41 bits per heavy atom. The number of carboxylic acid groups (broad SMARTS) is 1. The number of hydrogen-bond donors (Lipinski definition) is 1. The van der Waals surface area contributed by atoms with Gasteiger partial charge in [-0.1, -0.05) is 12.1 Å². The van der Waals surface area contributed by atoms with Gasteiger partial charge in [0.15, 0.2) is 0 Å². The van der Waals surface area contributed by atoms with Crippen LogP contribution >= 0.6 is 0 Å². The molecule has 0 aliphatic rings. The second kappa shape index (κ2) is 6.35. The van der Waals surface area contributed by atoms with Crippen molar-refractivity contribution in [1.82, 2.24) is 4.90 Å². The first-order chi connectivity index (χ1) is 7.99. The highest BCUT2D eigenvalue weighted by molar-refractivity contribution is 5.66. The van der Waals surface area contributed by atoms with E-state index in [2.05, 4.69) is 0 Å². The summed E-state index contributed by atoms with van der Waals surface area (Å²) >= 11 is 0. The number of carbonyl (C=O) groups is 1. The van der Waals surface area contributed by atoms with Gasteiger partial charge < -0.3 is 10.0 Å². The van der Waals surface area contributed by atoms with Crippen LogP contribution in [0.3, 0.4) is 0 Å². The molecule has 1 aromatic carbocycles. The number of rotatable bonds is 6. The van der Waals surface area contributed by atoms with E-state index in [1.54, 1.807) is 12.1 Å². The lowest BCUT2D eigenvalue weighted by molar-refractivity contribution is -0.137. The molecule has 94 valence electrons. The molecule has 1 rings (SSSR count). The molecule has 0 saturated carbocycles. The van der Waals surface area contributed by atoms with Gasteiger partial charge >= 0.3 is 5.97 Å². The summed E-state index contributed by atoms with van der Waals surface area (Å²) in [6.07, 6.45) is 0.931. The molecule has 0 bridgehead atoms. The lowest BCUT2D eigenvalue weighted by Crippen LogP contribution is -2.32. The van der Waals surface area contributed by atoms with Crippen molar-refractivity contribution in [3.05, 3.63) is 35.6 Å². The molecular weight excluding hydrogens is 221 g/mol. The molecule has 17 heavy (non-hydrogen) atoms. The van der Waals surface area contributed by atoms with Gasteiger partial charge in [0.05, 0.1) is 6.42 Å². The molecule has 1 atom stereocenters. The number of halogens is 1. The van der Waals surface area contributed by atoms with Gasteiger partial charge in [0.25, 0.3) is 0 Å². The monoisotopic (exact) mass is 239 g/mol. The molecule has 1 unspecified atom stereocenters. The third-order valence-electron chi connectivity index (χ3n) is 2.88. The van der Waals surface area contributed by atoms with Gasteiger partial charge in [0, 0.05) is 12.6 Å². The number of nitrogens with zero attached hydrogens (tertiary/aromatic N) is 1. The number of carboxylic acids is 1. The first-order valence-electron chi connectivity index (χ1n) is 5.65. The maximum Gasteiger partial charge on any atom is 0.304 e. The van der Waals surface area contributed by atoms with E-state index in [0.717, 1.165) is 12.0 Å². The molecule has 0 amide bonds. The molecule has 1 aromatic rings. The molecule has 0 aliphatic heterocycles. The highest BCUT2D eigenvalue weighted by Gasteiger charge is 2.11. The van der Waals surface area contributed by atoms with Gasteiger partial charge in [-0.05, 0) is 38.1 Å². The Morgan fingerprint density at radius 2 is 2.00 bits per heavy atom. The van der Waals surface area contributed by atoms with Crippen molar-refractivity contribution >= 4 is 5.97 Å². The van der Waals surface area contributed by atoms with Crippen LogP contribution in [0.15, 0.2) is 24.3 Å². The van der Waals surface area contributed by atoms with Crippen LogP contribution in [0, 0.1) is 5.82 Å². The van der Waals surface area contributed by atoms with E-state index in [0.29, 0.717) is 6.54 Å². The summed E-state index contributed by atoms with van der Waals surface area (Å²) in [6.45, 7) is 2.56. The topological polar surface area (TPSA) is 40.5 Å². The maximum absolute atomic E-state index is 12.7. The van der Waals surface area contributed by atoms with E-state index in [-0.39, 0.29) is 18.3 Å². The standard InChI is InChI=1S/C13H18FNO2/c1-10(15(2)8-7-13(16)17)9-11-3-5-12(14)6-4-11/h3-6,10H,7-9H2,1-2H3,(H,16,17). The average molecular weight is 239 g/mol. The third-order valence-corrected chi connectivity index (χ3v) is 2.88. The first-order valence-corrected chi connectivity index (χ1v) is 5.65. The van der Waals surface area contributed by atoms with E-state index in [1.165, 1.54) is 12.1 Å². The van der Waals surface area contributed by atoms with Gasteiger partial charge in [0.2, 0.25) is 0 Å². The van der Waals surface area contributed by atoms with Crippen LogP contribution in [-0.2, 0) is 11.2 Å². The van der Waals surface area contributed by atoms with Crippen molar-refractivity contribution < 1.29 is 14.3 Å². The van der Waals surface area contributed by atoms with Crippen molar-refractivity contribution in [2.45, 2.75) is 25.8 Å². The van der Waals surface area contributed by atoms with E-state index in [9.17, 15) is 9.18 Å². The third kappa shape index (κ3) is 4.95. The summed E-state index contributed by atoms with van der Waals surface area (Å²) in [5.74, 6) is -1.02. The smallest absolute Gasteiger partial charge is 0.304 e. The Labute approximate surface area is 101 Å². The van der Waals surface area contributed by atoms with Crippen molar-refractivity contribution in [3.8, 4) is 0 Å². The fraction of sp³-hybridized carbons (Fsp3) is 0.462. The minimum atomic E-state index is -0.786. The number of hydrogen-bond acceptors (Lipinski definition) is 2. The molecular formula is C13H18FNO2. The zero-order valence-corrected chi connectivity index (χ0v) is 10.2. The molecule has 0 fully saturated rings. The summed E-state index contributed by atoms with van der Waals surface area (Å²) in [5, 5.41) is 8.60. The van der Waals surface area contributed by atoms with Crippen LogP contribution < -0.4 is 0 Å². The molecule has 0 aliphatic carbocycles. The van der Waals surface area contributed by atoms with Crippen LogP contribution in [0.5, 0.6) is 0 Å². The minimum Gasteiger partial charge on any atom is -0.481 e. The lowest BCUT2D eigenvalue weighted by atomic mass is 10.1. The Morgan fingerprint density at radius 3 is 2.53 bits per heavy atom. The summed E-state index contributed by atoms with van der Waals surface area (Å²) in [6, 6.07) is 6.65. The highest BCUT2D eigenvalue weighted by Crippen LogP contribution is 2.09. The first kappa shape index (κ1) is 13.6. The van der Waals surface area contributed by atoms with Gasteiger partial charge in [-0.15, -0.1) is 0 Å². The molecule has 0 heterocycles. The number of aliphatic carboxylic acids is 1. The largest absolute Gasteiger partial charge is 0.481 e. The summed E-state index contributed by atoms with van der Waals surface area (Å²) < 4.78 is 12.7. The quantitative estimate of drug-likeness (QED) is 0.827. The van der Waals surface area contributed by atoms with Gasteiger partial charge in [-0.2, -0.15) is 0 Å². The van der Waals surface area contributed by atoms with E-state index in [4.69, 9.17) is 5.11 Å². The number of benzene rings is 1. The average Bonchev–Trinajstić information content (AvgIpc) is 2.28. The SMILES string of the molecule is CC(Cc1ccc(F)cc1)N(C)CCC(=O)O. The van der Waals surface area contributed by atoms with Crippen LogP contribution in [0.4, 0.5) is 4.39 Å². The van der Waals surface area contributed by atoms with Crippen molar-refractivity contribution in [2.24, 2.45) is 0 Å². The molecule has 0 aromatic heterocycles. The van der Waals surface area contributed by atoms with E-state index in [1.807, 2.05) is 18.9 Å². The minimum absolute atomic E-state index is 0.143. The van der Waals surface area contributed by atoms with Crippen LogP contribution in [0.25, 0.3) is 0 Å². The molecule has 0 radical (unpaired) electrons. The predicted molar refractivity (Wildman–Crippen MR) is 64.4 cm³/mol. The molecule has 3 nitrogen and oxygen atoms in total. The normalized spacial score (nSPS) is 12.7. The molecule has 0 spiro atoms. The molecule has 4 heteroatoms. The summed E-state index contributed by atoms with van der Waals surface area (Å²) in [4.78, 5) is 12.5. The highest BCUT2D eigenvalue weighted by atomic mass is 19.1. The second-order valence-electron chi connectivity index (χ2n) is 4.30. The predicted octanol–water partition coefficient (Wildman–Crippen LogP) is 2.16. The Bertz CT molecular complexity index is 364. The van der Waals surface area contributed by atoms with Gasteiger partial charge in [-0.3, -0.25) is 4.79 Å². The van der Waals surface area contributed by atoms with Crippen LogP contribution in [0.2, 0.25) is 0 Å². The lowest BCUT2D eigenvalue weighted by Gasteiger charge is -2.24. The maximum atomic E-state index is 12.7.